The van der Waals surface area contributed by atoms with E-state index in [2.05, 4.69) is 26.9 Å². The van der Waals surface area contributed by atoms with Crippen molar-refractivity contribution >= 4 is 11.8 Å². The third kappa shape index (κ3) is 3.44. The third-order valence-electron chi connectivity index (χ3n) is 5.04. The third-order valence-corrected chi connectivity index (χ3v) is 6.16. The van der Waals surface area contributed by atoms with Crippen molar-refractivity contribution < 1.29 is 9.52 Å². The van der Waals surface area contributed by atoms with E-state index in [1.807, 2.05) is 31.2 Å². The fourth-order valence-corrected chi connectivity index (χ4v) is 4.70. The summed E-state index contributed by atoms with van der Waals surface area (Å²) in [5.41, 5.74) is 1.98. The minimum atomic E-state index is -0.195. The molecule has 2 heterocycles. The van der Waals surface area contributed by atoms with Gasteiger partial charge >= 0.3 is 0 Å². The van der Waals surface area contributed by atoms with Gasteiger partial charge in [-0.15, -0.1) is 10.2 Å². The zero-order chi connectivity index (χ0) is 17.9. The van der Waals surface area contributed by atoms with E-state index in [4.69, 9.17) is 4.42 Å². The van der Waals surface area contributed by atoms with Crippen molar-refractivity contribution in [2.75, 3.05) is 5.75 Å². The maximum atomic E-state index is 10.3. The largest absolute Gasteiger partial charge is 0.469 e. The summed E-state index contributed by atoms with van der Waals surface area (Å²) in [6.07, 6.45) is 5.82. The minimum absolute atomic E-state index is 0.195. The summed E-state index contributed by atoms with van der Waals surface area (Å²) in [6.45, 7) is 1.94. The molecule has 0 radical (unpaired) electrons. The summed E-state index contributed by atoms with van der Waals surface area (Å²) < 4.78 is 7.55. The van der Waals surface area contributed by atoms with E-state index in [1.54, 1.807) is 18.0 Å². The lowest BCUT2D eigenvalue weighted by atomic mass is 9.88. The molecule has 0 spiro atoms. The molecule has 1 saturated carbocycles. The molecule has 1 aliphatic rings. The molecule has 1 aliphatic carbocycles. The van der Waals surface area contributed by atoms with Crippen molar-refractivity contribution in [1.29, 1.82) is 0 Å². The Morgan fingerprint density at radius 1 is 1.15 bits per heavy atom. The number of furan rings is 1. The molecule has 136 valence electrons. The SMILES string of the molecule is Cc1occc1-c1nnc(SC[C@@H]2CCCC[C@H]2O)n1-c1ccccc1. The zero-order valence-electron chi connectivity index (χ0n) is 14.8. The molecule has 3 aromatic rings. The van der Waals surface area contributed by atoms with Crippen molar-refractivity contribution in [3.8, 4) is 17.1 Å². The monoisotopic (exact) mass is 369 g/mol. The van der Waals surface area contributed by atoms with Gasteiger partial charge in [-0.05, 0) is 43.9 Å². The van der Waals surface area contributed by atoms with E-state index in [1.165, 1.54) is 6.42 Å². The number of nitrogens with zero attached hydrogens (tertiary/aromatic N) is 3. The second-order valence-corrected chi connectivity index (χ2v) is 7.78. The van der Waals surface area contributed by atoms with Crippen molar-refractivity contribution in [3.63, 3.8) is 0 Å². The van der Waals surface area contributed by atoms with Gasteiger partial charge in [0.2, 0.25) is 0 Å². The van der Waals surface area contributed by atoms with Crippen LogP contribution in [0, 0.1) is 12.8 Å². The first-order valence-corrected chi connectivity index (χ1v) is 10.1. The number of aliphatic hydroxyl groups excluding tert-OH is 1. The number of rotatable bonds is 5. The van der Waals surface area contributed by atoms with Crippen LogP contribution in [0.15, 0.2) is 52.2 Å². The summed E-state index contributed by atoms with van der Waals surface area (Å²) in [7, 11) is 0. The maximum absolute atomic E-state index is 10.3. The average molecular weight is 369 g/mol. The highest BCUT2D eigenvalue weighted by Crippen LogP contribution is 2.33. The molecule has 1 aromatic carbocycles. The Hall–Kier alpha value is -2.05. The lowest BCUT2D eigenvalue weighted by Gasteiger charge is -2.26. The van der Waals surface area contributed by atoms with Crippen LogP contribution < -0.4 is 0 Å². The normalized spacial score (nSPS) is 20.4. The maximum Gasteiger partial charge on any atom is 0.196 e. The van der Waals surface area contributed by atoms with Crippen LogP contribution in [0.1, 0.15) is 31.4 Å². The molecule has 4 rings (SSSR count). The predicted octanol–water partition coefficient (Wildman–Crippen LogP) is 4.48. The minimum Gasteiger partial charge on any atom is -0.469 e. The van der Waals surface area contributed by atoms with Crippen molar-refractivity contribution in [2.45, 2.75) is 43.9 Å². The van der Waals surface area contributed by atoms with Gasteiger partial charge in [-0.1, -0.05) is 42.8 Å². The second kappa shape index (κ2) is 7.68. The highest BCUT2D eigenvalue weighted by molar-refractivity contribution is 7.99. The Bertz CT molecular complexity index is 859. The van der Waals surface area contributed by atoms with E-state index in [0.29, 0.717) is 5.92 Å². The Labute approximate surface area is 157 Å². The smallest absolute Gasteiger partial charge is 0.196 e. The molecular formula is C20H23N3O2S. The molecule has 5 nitrogen and oxygen atoms in total. The van der Waals surface area contributed by atoms with E-state index < -0.39 is 0 Å². The molecule has 26 heavy (non-hydrogen) atoms. The lowest BCUT2D eigenvalue weighted by Crippen LogP contribution is -2.26. The van der Waals surface area contributed by atoms with Crippen molar-refractivity contribution in [2.24, 2.45) is 5.92 Å². The number of aliphatic hydroxyl groups is 1. The summed E-state index contributed by atoms with van der Waals surface area (Å²) in [5.74, 6) is 2.80. The average Bonchev–Trinajstić information content (AvgIpc) is 3.27. The summed E-state index contributed by atoms with van der Waals surface area (Å²) in [6, 6.07) is 12.1. The van der Waals surface area contributed by atoms with Gasteiger partial charge in [-0.3, -0.25) is 4.57 Å². The first kappa shape index (κ1) is 17.4. The Kier molecular flexibility index (Phi) is 5.13. The van der Waals surface area contributed by atoms with Gasteiger partial charge in [-0.2, -0.15) is 0 Å². The first-order chi connectivity index (χ1) is 12.7. The van der Waals surface area contributed by atoms with Crippen LogP contribution in [0.3, 0.4) is 0 Å². The van der Waals surface area contributed by atoms with Crippen LogP contribution in [0.25, 0.3) is 17.1 Å². The number of hydrogen-bond acceptors (Lipinski definition) is 5. The summed E-state index contributed by atoms with van der Waals surface area (Å²) in [4.78, 5) is 0. The molecule has 6 heteroatoms. The van der Waals surface area contributed by atoms with Gasteiger partial charge in [0, 0.05) is 11.4 Å². The van der Waals surface area contributed by atoms with E-state index >= 15 is 0 Å². The molecule has 0 amide bonds. The van der Waals surface area contributed by atoms with Gasteiger partial charge in [0.05, 0.1) is 17.9 Å². The quantitative estimate of drug-likeness (QED) is 0.672. The van der Waals surface area contributed by atoms with Gasteiger partial charge < -0.3 is 9.52 Å². The molecule has 2 atom stereocenters. The van der Waals surface area contributed by atoms with Gasteiger partial charge in [0.1, 0.15) is 5.76 Å². The van der Waals surface area contributed by atoms with Gasteiger partial charge in [0.15, 0.2) is 11.0 Å². The molecule has 0 saturated heterocycles. The Balaban J connectivity index is 1.66. The number of hydrogen-bond donors (Lipinski definition) is 1. The van der Waals surface area contributed by atoms with Crippen LogP contribution in [-0.2, 0) is 0 Å². The highest BCUT2D eigenvalue weighted by Gasteiger charge is 2.25. The zero-order valence-corrected chi connectivity index (χ0v) is 15.7. The molecule has 0 unspecified atom stereocenters. The number of aryl methyl sites for hydroxylation is 1. The Morgan fingerprint density at radius 2 is 1.96 bits per heavy atom. The van der Waals surface area contributed by atoms with E-state index in [-0.39, 0.29) is 6.10 Å². The molecule has 2 aromatic heterocycles. The standard InChI is InChI=1S/C20H23N3O2S/c1-14-17(11-12-25-14)19-21-22-20(23(19)16-8-3-2-4-9-16)26-13-15-7-5-6-10-18(15)24/h2-4,8-9,11-12,15,18,24H,5-7,10,13H2,1H3/t15-,18+/m0/s1. The lowest BCUT2D eigenvalue weighted by molar-refractivity contribution is 0.0816. The van der Waals surface area contributed by atoms with Crippen LogP contribution in [-0.4, -0.2) is 31.7 Å². The summed E-state index contributed by atoms with van der Waals surface area (Å²) >= 11 is 1.67. The fraction of sp³-hybridized carbons (Fsp3) is 0.400. The van der Waals surface area contributed by atoms with E-state index in [0.717, 1.165) is 53.0 Å². The van der Waals surface area contributed by atoms with Gasteiger partial charge in [-0.25, -0.2) is 0 Å². The molecule has 1 N–H and O–H groups in total. The highest BCUT2D eigenvalue weighted by atomic mass is 32.2. The first-order valence-electron chi connectivity index (χ1n) is 9.10. The van der Waals surface area contributed by atoms with Crippen molar-refractivity contribution in [1.82, 2.24) is 14.8 Å². The molecular weight excluding hydrogens is 346 g/mol. The van der Waals surface area contributed by atoms with Crippen LogP contribution in [0.4, 0.5) is 0 Å². The van der Waals surface area contributed by atoms with Crippen LogP contribution >= 0.6 is 11.8 Å². The van der Waals surface area contributed by atoms with E-state index in [9.17, 15) is 5.11 Å². The number of thioether (sulfide) groups is 1. The van der Waals surface area contributed by atoms with Crippen LogP contribution in [0.2, 0.25) is 0 Å². The molecule has 0 bridgehead atoms. The molecule has 0 aliphatic heterocycles. The summed E-state index contributed by atoms with van der Waals surface area (Å²) in [5, 5.41) is 20.0. The number of para-hydroxylation sites is 1. The number of aromatic nitrogens is 3. The predicted molar refractivity (Wildman–Crippen MR) is 102 cm³/mol. The molecule has 1 fully saturated rings. The second-order valence-electron chi connectivity index (χ2n) is 6.79. The van der Waals surface area contributed by atoms with Crippen molar-refractivity contribution in [3.05, 3.63) is 48.4 Å². The van der Waals surface area contributed by atoms with Crippen LogP contribution in [0.5, 0.6) is 0 Å². The topological polar surface area (TPSA) is 64.1 Å². The Morgan fingerprint density at radius 3 is 2.69 bits per heavy atom. The van der Waals surface area contributed by atoms with Gasteiger partial charge in [0.25, 0.3) is 0 Å². The fourth-order valence-electron chi connectivity index (χ4n) is 3.53. The number of benzene rings is 1.